The van der Waals surface area contributed by atoms with Crippen LogP contribution in [-0.2, 0) is 4.79 Å². The molecule has 0 heterocycles. The van der Waals surface area contributed by atoms with Crippen molar-refractivity contribution in [3.05, 3.63) is 29.0 Å². The Balaban J connectivity index is 2.27. The first-order valence-corrected chi connectivity index (χ1v) is 6.15. The smallest absolute Gasteiger partial charge is 0.312 e. The Bertz CT molecular complexity index is 468. The van der Waals surface area contributed by atoms with Gasteiger partial charge in [0.15, 0.2) is 0 Å². The minimum absolute atomic E-state index is 0.0385. The normalized spacial score (nSPS) is 10.0. The lowest BCUT2D eigenvalue weighted by Gasteiger charge is -2.06. The summed E-state index contributed by atoms with van der Waals surface area (Å²) in [4.78, 5) is 21.9. The molecule has 0 aliphatic carbocycles. The molecule has 0 radical (unpaired) electrons. The maximum atomic E-state index is 12.9. The molecule has 7 heteroatoms. The lowest BCUT2D eigenvalue weighted by atomic mass is 10.2. The van der Waals surface area contributed by atoms with Crippen molar-refractivity contribution in [1.82, 2.24) is 5.32 Å². The van der Waals surface area contributed by atoms with Gasteiger partial charge in [-0.25, -0.2) is 9.18 Å². The summed E-state index contributed by atoms with van der Waals surface area (Å²) >= 11 is 5.59. The minimum atomic E-state index is -0.578. The number of anilines is 1. The third-order valence-corrected chi connectivity index (χ3v) is 2.62. The van der Waals surface area contributed by atoms with Gasteiger partial charge in [-0.15, -0.1) is 0 Å². The average Bonchev–Trinajstić information content (AvgIpc) is 2.33. The number of halogens is 2. The van der Waals surface area contributed by atoms with E-state index >= 15 is 0 Å². The molecule has 3 amide bonds. The van der Waals surface area contributed by atoms with Gasteiger partial charge in [0.2, 0.25) is 5.91 Å². The third kappa shape index (κ3) is 6.05. The molecule has 1 aromatic carbocycles. The molecule has 1 rings (SSSR count). The average molecular weight is 288 g/mol. The number of nitrogens with one attached hydrogen (secondary N) is 2. The van der Waals surface area contributed by atoms with E-state index in [1.165, 1.54) is 18.2 Å². The maximum Gasteiger partial charge on any atom is 0.312 e. The van der Waals surface area contributed by atoms with Crippen LogP contribution in [0.4, 0.5) is 14.9 Å². The van der Waals surface area contributed by atoms with Gasteiger partial charge in [0.05, 0.1) is 5.02 Å². The fraction of sp³-hybridized carbons (Fsp3) is 0.333. The molecule has 0 saturated carbocycles. The standard InChI is InChI=1S/C12H15ClFN3O2/c13-9-7-8(4-5-10(9)14)17-11(18)3-1-2-6-16-12(15)19/h4-5,7H,1-3,6H2,(H,17,18)(H3,15,16,19). The van der Waals surface area contributed by atoms with E-state index < -0.39 is 11.8 Å². The van der Waals surface area contributed by atoms with Crippen molar-refractivity contribution in [2.24, 2.45) is 5.73 Å². The van der Waals surface area contributed by atoms with Gasteiger partial charge >= 0.3 is 6.03 Å². The molecule has 104 valence electrons. The van der Waals surface area contributed by atoms with Gasteiger partial charge in [0.1, 0.15) is 5.82 Å². The topological polar surface area (TPSA) is 84.2 Å². The van der Waals surface area contributed by atoms with Crippen molar-refractivity contribution in [1.29, 1.82) is 0 Å². The zero-order valence-corrected chi connectivity index (χ0v) is 11.0. The van der Waals surface area contributed by atoms with Crippen LogP contribution in [0.3, 0.4) is 0 Å². The van der Waals surface area contributed by atoms with Gasteiger partial charge in [0, 0.05) is 18.7 Å². The Labute approximate surface area is 115 Å². The highest BCUT2D eigenvalue weighted by atomic mass is 35.5. The van der Waals surface area contributed by atoms with Crippen LogP contribution < -0.4 is 16.4 Å². The van der Waals surface area contributed by atoms with Crippen molar-refractivity contribution in [2.75, 3.05) is 11.9 Å². The zero-order valence-electron chi connectivity index (χ0n) is 10.2. The van der Waals surface area contributed by atoms with E-state index in [0.717, 1.165) is 0 Å². The Morgan fingerprint density at radius 3 is 2.68 bits per heavy atom. The van der Waals surface area contributed by atoms with E-state index in [1.54, 1.807) is 0 Å². The molecule has 0 aliphatic rings. The summed E-state index contributed by atoms with van der Waals surface area (Å²) in [5.41, 5.74) is 5.34. The monoisotopic (exact) mass is 287 g/mol. The van der Waals surface area contributed by atoms with Gasteiger partial charge in [-0.3, -0.25) is 4.79 Å². The Morgan fingerprint density at radius 2 is 2.05 bits per heavy atom. The van der Waals surface area contributed by atoms with Crippen LogP contribution in [0.5, 0.6) is 0 Å². The summed E-state index contributed by atoms with van der Waals surface area (Å²) in [6.45, 7) is 0.436. The molecule has 4 N–H and O–H groups in total. The van der Waals surface area contributed by atoms with Gasteiger partial charge in [-0.1, -0.05) is 11.6 Å². The molecule has 0 aromatic heterocycles. The number of carbonyl (C=O) groups is 2. The van der Waals surface area contributed by atoms with Crippen LogP contribution in [0.2, 0.25) is 5.02 Å². The number of unbranched alkanes of at least 4 members (excludes halogenated alkanes) is 1. The molecule has 0 unspecified atom stereocenters. The lowest BCUT2D eigenvalue weighted by Crippen LogP contribution is -2.30. The van der Waals surface area contributed by atoms with Crippen LogP contribution in [0.15, 0.2) is 18.2 Å². The van der Waals surface area contributed by atoms with E-state index in [1.807, 2.05) is 0 Å². The largest absolute Gasteiger partial charge is 0.352 e. The first-order chi connectivity index (χ1) is 8.99. The van der Waals surface area contributed by atoms with Crippen LogP contribution >= 0.6 is 11.6 Å². The second-order valence-electron chi connectivity index (χ2n) is 3.93. The van der Waals surface area contributed by atoms with Crippen molar-refractivity contribution >= 4 is 29.2 Å². The van der Waals surface area contributed by atoms with Crippen LogP contribution in [0, 0.1) is 5.82 Å². The predicted octanol–water partition coefficient (Wildman–Crippen LogP) is 2.26. The summed E-state index contributed by atoms with van der Waals surface area (Å²) in [6, 6.07) is 3.40. The van der Waals surface area contributed by atoms with Crippen LogP contribution in [0.25, 0.3) is 0 Å². The Kier molecular flexibility index (Phi) is 6.08. The van der Waals surface area contributed by atoms with E-state index in [2.05, 4.69) is 10.6 Å². The van der Waals surface area contributed by atoms with Crippen LogP contribution in [-0.4, -0.2) is 18.5 Å². The Morgan fingerprint density at radius 1 is 1.32 bits per heavy atom. The highest BCUT2D eigenvalue weighted by Crippen LogP contribution is 2.19. The second kappa shape index (κ2) is 7.58. The quantitative estimate of drug-likeness (QED) is 0.701. The number of primary amides is 1. The van der Waals surface area contributed by atoms with Gasteiger partial charge in [-0.05, 0) is 31.0 Å². The van der Waals surface area contributed by atoms with Gasteiger partial charge in [-0.2, -0.15) is 0 Å². The number of carbonyl (C=O) groups excluding carboxylic acids is 2. The highest BCUT2D eigenvalue weighted by Gasteiger charge is 2.05. The minimum Gasteiger partial charge on any atom is -0.352 e. The molecule has 0 aliphatic heterocycles. The number of hydrogen-bond donors (Lipinski definition) is 3. The maximum absolute atomic E-state index is 12.9. The summed E-state index contributed by atoms with van der Waals surface area (Å²) in [7, 11) is 0. The first-order valence-electron chi connectivity index (χ1n) is 5.77. The Hall–Kier alpha value is -1.82. The molecular weight excluding hydrogens is 273 g/mol. The van der Waals surface area contributed by atoms with Crippen molar-refractivity contribution in [3.63, 3.8) is 0 Å². The molecule has 0 atom stereocenters. The molecule has 0 saturated heterocycles. The second-order valence-corrected chi connectivity index (χ2v) is 4.33. The summed E-state index contributed by atoms with van der Waals surface area (Å²) in [6.07, 6.45) is 1.57. The molecule has 19 heavy (non-hydrogen) atoms. The van der Waals surface area contributed by atoms with E-state index in [9.17, 15) is 14.0 Å². The SMILES string of the molecule is NC(=O)NCCCCC(=O)Nc1ccc(F)c(Cl)c1. The number of nitrogens with two attached hydrogens (primary N) is 1. The fourth-order valence-electron chi connectivity index (χ4n) is 1.42. The lowest BCUT2D eigenvalue weighted by molar-refractivity contribution is -0.116. The summed E-state index contributed by atoms with van der Waals surface area (Å²) < 4.78 is 12.9. The van der Waals surface area contributed by atoms with E-state index in [0.29, 0.717) is 31.5 Å². The number of amides is 3. The fourth-order valence-corrected chi connectivity index (χ4v) is 1.60. The molecule has 1 aromatic rings. The summed E-state index contributed by atoms with van der Waals surface area (Å²) in [5, 5.41) is 5.00. The number of benzene rings is 1. The number of rotatable bonds is 6. The van der Waals surface area contributed by atoms with Crippen molar-refractivity contribution in [3.8, 4) is 0 Å². The number of urea groups is 1. The highest BCUT2D eigenvalue weighted by molar-refractivity contribution is 6.31. The number of hydrogen-bond acceptors (Lipinski definition) is 2. The van der Waals surface area contributed by atoms with Gasteiger partial charge < -0.3 is 16.4 Å². The predicted molar refractivity (Wildman–Crippen MR) is 71.5 cm³/mol. The molecule has 0 spiro atoms. The first kappa shape index (κ1) is 15.2. The van der Waals surface area contributed by atoms with E-state index in [-0.39, 0.29) is 10.9 Å². The molecule has 5 nitrogen and oxygen atoms in total. The third-order valence-electron chi connectivity index (χ3n) is 2.33. The van der Waals surface area contributed by atoms with Crippen molar-refractivity contribution in [2.45, 2.75) is 19.3 Å². The zero-order chi connectivity index (χ0) is 14.3. The van der Waals surface area contributed by atoms with E-state index in [4.69, 9.17) is 17.3 Å². The summed E-state index contributed by atoms with van der Waals surface area (Å²) in [5.74, 6) is -0.723. The van der Waals surface area contributed by atoms with Crippen LogP contribution in [0.1, 0.15) is 19.3 Å². The van der Waals surface area contributed by atoms with Gasteiger partial charge in [0.25, 0.3) is 0 Å². The molecular formula is C12H15ClFN3O2. The van der Waals surface area contributed by atoms with Crippen molar-refractivity contribution < 1.29 is 14.0 Å². The molecule has 0 fully saturated rings. The molecule has 0 bridgehead atoms.